The van der Waals surface area contributed by atoms with Crippen molar-refractivity contribution >= 4 is 0 Å². The molecule has 100 valence electrons. The van der Waals surface area contributed by atoms with Gasteiger partial charge >= 0.3 is 0 Å². The second-order valence-corrected chi connectivity index (χ2v) is 6.47. The van der Waals surface area contributed by atoms with Gasteiger partial charge in [0.05, 0.1) is 5.60 Å². The fourth-order valence-electron chi connectivity index (χ4n) is 3.77. The first-order valence-electron chi connectivity index (χ1n) is 7.59. The highest BCUT2D eigenvalue weighted by molar-refractivity contribution is 4.90. The van der Waals surface area contributed by atoms with Crippen LogP contribution in [0.15, 0.2) is 0 Å². The summed E-state index contributed by atoms with van der Waals surface area (Å²) in [5, 5.41) is 10.7. The fourth-order valence-corrected chi connectivity index (χ4v) is 3.77. The summed E-state index contributed by atoms with van der Waals surface area (Å²) in [6, 6.07) is 1.26. The van der Waals surface area contributed by atoms with E-state index in [1.807, 2.05) is 0 Å². The first-order valence-corrected chi connectivity index (χ1v) is 7.59. The van der Waals surface area contributed by atoms with E-state index in [9.17, 15) is 5.11 Å². The number of rotatable bonds is 3. The Morgan fingerprint density at radius 2 is 1.82 bits per heavy atom. The molecule has 0 aromatic carbocycles. The van der Waals surface area contributed by atoms with Gasteiger partial charge in [0.1, 0.15) is 0 Å². The Hall–Kier alpha value is -0.0800. The van der Waals surface area contributed by atoms with Gasteiger partial charge in [0.25, 0.3) is 0 Å². The zero-order valence-electron chi connectivity index (χ0n) is 11.6. The molecule has 0 spiro atoms. The summed E-state index contributed by atoms with van der Waals surface area (Å²) in [6.07, 6.45) is 10.9. The molecule has 2 rings (SSSR count). The van der Waals surface area contributed by atoms with Gasteiger partial charge in [-0.3, -0.25) is 4.90 Å². The van der Waals surface area contributed by atoms with Crippen LogP contribution in [0.5, 0.6) is 0 Å². The Morgan fingerprint density at radius 3 is 2.47 bits per heavy atom. The van der Waals surface area contributed by atoms with Crippen molar-refractivity contribution in [1.29, 1.82) is 0 Å². The van der Waals surface area contributed by atoms with Crippen molar-refractivity contribution in [3.63, 3.8) is 0 Å². The second-order valence-electron chi connectivity index (χ2n) is 6.47. The molecular weight excluding hydrogens is 210 g/mol. The topological polar surface area (TPSA) is 23.5 Å². The highest BCUT2D eigenvalue weighted by Gasteiger charge is 2.35. The van der Waals surface area contributed by atoms with E-state index in [1.54, 1.807) is 0 Å². The third-order valence-corrected chi connectivity index (χ3v) is 4.74. The average Bonchev–Trinajstić information content (AvgIpc) is 2.29. The maximum atomic E-state index is 10.7. The molecule has 0 amide bonds. The van der Waals surface area contributed by atoms with Crippen LogP contribution in [0.2, 0.25) is 0 Å². The maximum Gasteiger partial charge on any atom is 0.0662 e. The van der Waals surface area contributed by atoms with E-state index in [1.165, 1.54) is 45.1 Å². The Kier molecular flexibility index (Phi) is 4.48. The third-order valence-electron chi connectivity index (χ3n) is 4.74. The number of piperidine rings is 1. The number of hydrogen-bond donors (Lipinski definition) is 1. The lowest BCUT2D eigenvalue weighted by molar-refractivity contribution is -0.0384. The zero-order valence-corrected chi connectivity index (χ0v) is 11.6. The van der Waals surface area contributed by atoms with E-state index in [0.29, 0.717) is 12.1 Å². The summed E-state index contributed by atoms with van der Waals surface area (Å²) in [4.78, 5) is 2.62. The third kappa shape index (κ3) is 3.45. The summed E-state index contributed by atoms with van der Waals surface area (Å²) >= 11 is 0. The summed E-state index contributed by atoms with van der Waals surface area (Å²) in [6.45, 7) is 5.82. The number of hydrogen-bond acceptors (Lipinski definition) is 2. The lowest BCUT2D eigenvalue weighted by Gasteiger charge is -2.43. The zero-order chi connectivity index (χ0) is 12.3. The van der Waals surface area contributed by atoms with Crippen LogP contribution in [-0.2, 0) is 0 Å². The van der Waals surface area contributed by atoms with Gasteiger partial charge in [-0.05, 0) is 52.5 Å². The van der Waals surface area contributed by atoms with Gasteiger partial charge in [-0.1, -0.05) is 25.7 Å². The first kappa shape index (κ1) is 13.4. The number of likely N-dealkylation sites (tertiary alicyclic amines) is 1. The molecule has 2 nitrogen and oxygen atoms in total. The smallest absolute Gasteiger partial charge is 0.0662 e. The van der Waals surface area contributed by atoms with Gasteiger partial charge in [-0.25, -0.2) is 0 Å². The average molecular weight is 239 g/mol. The van der Waals surface area contributed by atoms with E-state index < -0.39 is 0 Å². The molecule has 1 saturated carbocycles. The SMILES string of the molecule is CC(C)N1CCCCC1CC1(O)CCCCC1. The molecule has 17 heavy (non-hydrogen) atoms. The normalized spacial score (nSPS) is 30.7. The van der Waals surface area contributed by atoms with Crippen molar-refractivity contribution in [2.45, 2.75) is 89.3 Å². The van der Waals surface area contributed by atoms with Crippen molar-refractivity contribution < 1.29 is 5.11 Å². The minimum absolute atomic E-state index is 0.340. The molecule has 2 fully saturated rings. The molecule has 1 heterocycles. The second kappa shape index (κ2) is 5.71. The van der Waals surface area contributed by atoms with Crippen LogP contribution in [-0.4, -0.2) is 34.2 Å². The van der Waals surface area contributed by atoms with Crippen LogP contribution in [0, 0.1) is 0 Å². The van der Waals surface area contributed by atoms with E-state index in [2.05, 4.69) is 18.7 Å². The summed E-state index contributed by atoms with van der Waals surface area (Å²) in [7, 11) is 0. The minimum atomic E-state index is -0.340. The van der Waals surface area contributed by atoms with E-state index in [-0.39, 0.29) is 5.60 Å². The molecule has 1 unspecified atom stereocenters. The molecule has 0 bridgehead atoms. The van der Waals surface area contributed by atoms with Crippen molar-refractivity contribution in [3.8, 4) is 0 Å². The highest BCUT2D eigenvalue weighted by atomic mass is 16.3. The fraction of sp³-hybridized carbons (Fsp3) is 1.00. The van der Waals surface area contributed by atoms with Gasteiger partial charge in [-0.15, -0.1) is 0 Å². The van der Waals surface area contributed by atoms with Crippen LogP contribution in [0.25, 0.3) is 0 Å². The number of nitrogens with zero attached hydrogens (tertiary/aromatic N) is 1. The van der Waals surface area contributed by atoms with E-state index >= 15 is 0 Å². The molecule has 1 atom stereocenters. The van der Waals surface area contributed by atoms with Gasteiger partial charge in [0.15, 0.2) is 0 Å². The van der Waals surface area contributed by atoms with E-state index in [0.717, 1.165) is 19.3 Å². The first-order chi connectivity index (χ1) is 8.11. The van der Waals surface area contributed by atoms with E-state index in [4.69, 9.17) is 0 Å². The largest absolute Gasteiger partial charge is 0.390 e. The van der Waals surface area contributed by atoms with Gasteiger partial charge in [-0.2, -0.15) is 0 Å². The quantitative estimate of drug-likeness (QED) is 0.816. The maximum absolute atomic E-state index is 10.7. The molecule has 1 N–H and O–H groups in total. The van der Waals surface area contributed by atoms with Crippen LogP contribution >= 0.6 is 0 Å². The van der Waals surface area contributed by atoms with Gasteiger partial charge in [0, 0.05) is 12.1 Å². The summed E-state index contributed by atoms with van der Waals surface area (Å²) < 4.78 is 0. The molecule has 1 aliphatic heterocycles. The molecule has 2 heteroatoms. The molecule has 2 aliphatic rings. The number of aliphatic hydroxyl groups is 1. The highest BCUT2D eigenvalue weighted by Crippen LogP contribution is 2.35. The molecular formula is C15H29NO. The van der Waals surface area contributed by atoms with Crippen LogP contribution < -0.4 is 0 Å². The summed E-state index contributed by atoms with van der Waals surface area (Å²) in [5.41, 5.74) is -0.340. The lowest BCUT2D eigenvalue weighted by atomic mass is 9.78. The standard InChI is InChI=1S/C15H29NO/c1-13(2)16-11-7-4-8-14(16)12-15(17)9-5-3-6-10-15/h13-14,17H,3-12H2,1-2H3. The Morgan fingerprint density at radius 1 is 1.12 bits per heavy atom. The minimum Gasteiger partial charge on any atom is -0.390 e. The van der Waals surface area contributed by atoms with Crippen LogP contribution in [0.4, 0.5) is 0 Å². The van der Waals surface area contributed by atoms with Gasteiger partial charge in [0.2, 0.25) is 0 Å². The summed E-state index contributed by atoms with van der Waals surface area (Å²) in [5.74, 6) is 0. The Balaban J connectivity index is 1.94. The molecule has 0 aromatic heterocycles. The van der Waals surface area contributed by atoms with Gasteiger partial charge < -0.3 is 5.11 Å². The van der Waals surface area contributed by atoms with Crippen molar-refractivity contribution in [2.24, 2.45) is 0 Å². The molecule has 1 aliphatic carbocycles. The van der Waals surface area contributed by atoms with Crippen LogP contribution in [0.3, 0.4) is 0 Å². The molecule has 1 saturated heterocycles. The van der Waals surface area contributed by atoms with Crippen LogP contribution in [0.1, 0.15) is 71.6 Å². The van der Waals surface area contributed by atoms with Crippen molar-refractivity contribution in [2.75, 3.05) is 6.54 Å². The predicted octanol–water partition coefficient (Wildman–Crippen LogP) is 3.33. The Labute approximate surface area is 106 Å². The molecule has 0 radical (unpaired) electrons. The molecule has 0 aromatic rings. The monoisotopic (exact) mass is 239 g/mol. The lowest BCUT2D eigenvalue weighted by Crippen LogP contribution is -2.48. The predicted molar refractivity (Wildman–Crippen MR) is 72.1 cm³/mol. The Bertz CT molecular complexity index is 233. The van der Waals surface area contributed by atoms with Crippen molar-refractivity contribution in [1.82, 2.24) is 4.90 Å². The van der Waals surface area contributed by atoms with Crippen molar-refractivity contribution in [3.05, 3.63) is 0 Å².